The van der Waals surface area contributed by atoms with E-state index >= 15 is 0 Å². The second-order valence-electron chi connectivity index (χ2n) is 33.1. The van der Waals surface area contributed by atoms with Gasteiger partial charge in [0.25, 0.3) is 0 Å². The highest BCUT2D eigenvalue weighted by Gasteiger charge is 2.31. The summed E-state index contributed by atoms with van der Waals surface area (Å²) in [5.41, 5.74) is 0. The third-order valence-electron chi connectivity index (χ3n) is 21.6. The van der Waals surface area contributed by atoms with E-state index in [1.807, 2.05) is 0 Å². The second kappa shape index (κ2) is 81.2. The van der Waals surface area contributed by atoms with Gasteiger partial charge in [0, 0.05) is 25.7 Å². The van der Waals surface area contributed by atoms with Gasteiger partial charge in [-0.3, -0.25) is 37.3 Å². The predicted molar refractivity (Wildman–Crippen MR) is 451 cm³/mol. The van der Waals surface area contributed by atoms with Crippen LogP contribution < -0.4 is 0 Å². The maximum Gasteiger partial charge on any atom is 0.472 e. The molecule has 648 valence electrons. The molecule has 0 heterocycles. The van der Waals surface area contributed by atoms with Crippen molar-refractivity contribution in [3.05, 3.63) is 0 Å². The second-order valence-corrected chi connectivity index (χ2v) is 36.0. The molecule has 0 rings (SSSR count). The number of hydrogen-bond acceptors (Lipinski definition) is 15. The van der Waals surface area contributed by atoms with E-state index in [0.29, 0.717) is 25.7 Å². The number of aliphatic hydroxyl groups excluding tert-OH is 1. The summed E-state index contributed by atoms with van der Waals surface area (Å²) in [5, 5.41) is 10.7. The molecular weight excluding hydrogens is 1410 g/mol. The molecule has 0 aromatic rings. The summed E-state index contributed by atoms with van der Waals surface area (Å²) in [6.45, 7) is 9.76. The Morgan fingerprint density at radius 1 is 0.266 bits per heavy atom. The van der Waals surface area contributed by atoms with Crippen molar-refractivity contribution in [2.75, 3.05) is 39.6 Å². The Morgan fingerprint density at radius 2 is 0.468 bits per heavy atom. The minimum atomic E-state index is -4.97. The number of carbonyl (C=O) groups excluding carboxylic acids is 4. The molecule has 0 aliphatic heterocycles. The van der Waals surface area contributed by atoms with E-state index in [1.165, 1.54) is 295 Å². The molecule has 0 spiro atoms. The van der Waals surface area contributed by atoms with E-state index in [2.05, 4.69) is 41.5 Å². The molecular formula is C90H176O17P2. The van der Waals surface area contributed by atoms with Gasteiger partial charge in [-0.05, 0) is 37.5 Å². The standard InChI is InChI=1S/C90H176O17P2/c1-7-10-12-14-16-18-19-20-21-22-23-24-25-29-34-39-44-49-55-61-67-73-88(93)101-79-86(107-90(95)75-68-62-56-50-45-40-35-30-27-26-28-33-38-43-48-53-59-65-71-83(6)9-3)81-105-109(98,99)103-77-84(91)76-102-108(96,97)104-80-85(78-100-87(92)72-66-60-54-17-15-13-11-8-2)106-89(94)74-69-63-57-51-46-41-36-31-32-37-42-47-52-58-64-70-82(4)5/h82-86,91H,7-81H2,1-6H3,(H,96,97)(H,98,99)/t83?,84-,85+,86+/m0/s1. The van der Waals surface area contributed by atoms with E-state index in [0.717, 1.165) is 108 Å². The van der Waals surface area contributed by atoms with Gasteiger partial charge in [0.1, 0.15) is 19.3 Å². The zero-order valence-corrected chi connectivity index (χ0v) is 73.7. The number of esters is 4. The molecule has 3 unspecified atom stereocenters. The highest BCUT2D eigenvalue weighted by Crippen LogP contribution is 2.45. The fraction of sp³-hybridized carbons (Fsp3) is 0.956. The van der Waals surface area contributed by atoms with Crippen molar-refractivity contribution in [1.29, 1.82) is 0 Å². The molecule has 17 nitrogen and oxygen atoms in total. The van der Waals surface area contributed by atoms with Gasteiger partial charge in [0.2, 0.25) is 0 Å². The number of phosphoric ester groups is 2. The molecule has 0 bridgehead atoms. The summed E-state index contributed by atoms with van der Waals surface area (Å²) >= 11 is 0. The van der Waals surface area contributed by atoms with Crippen molar-refractivity contribution in [3.8, 4) is 0 Å². The maximum atomic E-state index is 13.2. The first kappa shape index (κ1) is 107. The van der Waals surface area contributed by atoms with E-state index in [1.54, 1.807) is 0 Å². The molecule has 0 saturated carbocycles. The Kier molecular flexibility index (Phi) is 79.8. The Balaban J connectivity index is 5.17. The van der Waals surface area contributed by atoms with Gasteiger partial charge in [-0.1, -0.05) is 433 Å². The fourth-order valence-electron chi connectivity index (χ4n) is 14.1. The van der Waals surface area contributed by atoms with Gasteiger partial charge < -0.3 is 33.8 Å². The van der Waals surface area contributed by atoms with Gasteiger partial charge in [0.05, 0.1) is 26.4 Å². The summed E-state index contributed by atoms with van der Waals surface area (Å²) in [4.78, 5) is 73.2. The summed E-state index contributed by atoms with van der Waals surface area (Å²) < 4.78 is 68.9. The minimum absolute atomic E-state index is 0.108. The van der Waals surface area contributed by atoms with Crippen LogP contribution in [0.2, 0.25) is 0 Å². The molecule has 0 radical (unpaired) electrons. The van der Waals surface area contributed by atoms with Crippen molar-refractivity contribution in [2.45, 2.75) is 503 Å². The van der Waals surface area contributed by atoms with Crippen molar-refractivity contribution < 1.29 is 80.2 Å². The molecule has 0 amide bonds. The summed E-state index contributed by atoms with van der Waals surface area (Å²) in [6.07, 6.45) is 75.2. The Hall–Kier alpha value is -1.94. The van der Waals surface area contributed by atoms with Crippen LogP contribution in [0.3, 0.4) is 0 Å². The number of phosphoric acid groups is 2. The topological polar surface area (TPSA) is 237 Å². The van der Waals surface area contributed by atoms with Crippen LogP contribution in [0.4, 0.5) is 0 Å². The lowest BCUT2D eigenvalue weighted by Gasteiger charge is -2.21. The van der Waals surface area contributed by atoms with Crippen LogP contribution in [-0.2, 0) is 65.4 Å². The van der Waals surface area contributed by atoms with Gasteiger partial charge in [0.15, 0.2) is 12.2 Å². The zero-order valence-electron chi connectivity index (χ0n) is 71.9. The van der Waals surface area contributed by atoms with E-state index in [-0.39, 0.29) is 25.7 Å². The minimum Gasteiger partial charge on any atom is -0.462 e. The monoisotopic (exact) mass is 1590 g/mol. The summed E-state index contributed by atoms with van der Waals surface area (Å²) in [5.74, 6) is -0.427. The Labute approximate surface area is 670 Å². The molecule has 3 N–H and O–H groups in total. The molecule has 0 aromatic heterocycles. The molecule has 0 aliphatic rings. The largest absolute Gasteiger partial charge is 0.472 e. The van der Waals surface area contributed by atoms with Crippen LogP contribution in [0.5, 0.6) is 0 Å². The number of aliphatic hydroxyl groups is 1. The van der Waals surface area contributed by atoms with E-state index in [9.17, 15) is 43.2 Å². The number of ether oxygens (including phenoxy) is 4. The van der Waals surface area contributed by atoms with Crippen molar-refractivity contribution in [2.24, 2.45) is 11.8 Å². The zero-order chi connectivity index (χ0) is 79.9. The molecule has 0 aromatic carbocycles. The Morgan fingerprint density at radius 3 is 0.697 bits per heavy atom. The lowest BCUT2D eigenvalue weighted by molar-refractivity contribution is -0.161. The van der Waals surface area contributed by atoms with Gasteiger partial charge in [-0.2, -0.15) is 0 Å². The van der Waals surface area contributed by atoms with Crippen LogP contribution in [0, 0.1) is 11.8 Å². The van der Waals surface area contributed by atoms with Gasteiger partial charge in [-0.15, -0.1) is 0 Å². The number of unbranched alkanes of at least 4 members (excludes halogenated alkanes) is 58. The third-order valence-corrected chi connectivity index (χ3v) is 23.5. The average molecular weight is 1590 g/mol. The molecule has 0 saturated heterocycles. The average Bonchev–Trinajstić information content (AvgIpc) is 0.899. The smallest absolute Gasteiger partial charge is 0.462 e. The summed E-state index contributed by atoms with van der Waals surface area (Å²) in [6, 6.07) is 0. The van der Waals surface area contributed by atoms with Crippen molar-refractivity contribution in [3.63, 3.8) is 0 Å². The Bertz CT molecular complexity index is 2080. The highest BCUT2D eigenvalue weighted by atomic mass is 31.2. The van der Waals surface area contributed by atoms with Crippen molar-refractivity contribution >= 4 is 39.5 Å². The molecule has 109 heavy (non-hydrogen) atoms. The van der Waals surface area contributed by atoms with Gasteiger partial charge >= 0.3 is 39.5 Å². The van der Waals surface area contributed by atoms with E-state index in [4.69, 9.17) is 37.0 Å². The lowest BCUT2D eigenvalue weighted by atomic mass is 9.99. The molecule has 19 heteroatoms. The number of hydrogen-bond donors (Lipinski definition) is 3. The van der Waals surface area contributed by atoms with Crippen LogP contribution >= 0.6 is 15.6 Å². The molecule has 0 aliphatic carbocycles. The number of rotatable bonds is 89. The highest BCUT2D eigenvalue weighted by molar-refractivity contribution is 7.47. The van der Waals surface area contributed by atoms with Gasteiger partial charge in [-0.25, -0.2) is 9.13 Å². The SMILES string of the molecule is CCCCCCCCCCCCCCCCCCCCCCCC(=O)OC[C@H](COP(=O)(O)OC[C@@H](O)COP(=O)(O)OC[C@@H](COC(=O)CCCCCCCCCC)OC(=O)CCCCCCCCCCCCCCCCCC(C)C)OC(=O)CCCCCCCCCCCCCCCCCCCCC(C)CC. The fourth-order valence-corrected chi connectivity index (χ4v) is 15.7. The quantitative estimate of drug-likeness (QED) is 0.0222. The van der Waals surface area contributed by atoms with Crippen LogP contribution in [0.1, 0.15) is 485 Å². The summed E-state index contributed by atoms with van der Waals surface area (Å²) in [7, 11) is -9.93. The molecule has 0 fully saturated rings. The normalized spacial score (nSPS) is 14.0. The number of carbonyl (C=O) groups is 4. The first-order valence-corrected chi connectivity index (χ1v) is 49.5. The van der Waals surface area contributed by atoms with Crippen LogP contribution in [0.15, 0.2) is 0 Å². The van der Waals surface area contributed by atoms with E-state index < -0.39 is 97.5 Å². The molecule has 6 atom stereocenters. The third kappa shape index (κ3) is 82.4. The van der Waals surface area contributed by atoms with Crippen molar-refractivity contribution in [1.82, 2.24) is 0 Å². The first-order chi connectivity index (χ1) is 52.9. The predicted octanol–water partition coefficient (Wildman–Crippen LogP) is 27.8. The van der Waals surface area contributed by atoms with Crippen LogP contribution in [0.25, 0.3) is 0 Å². The maximum absolute atomic E-state index is 13.2. The first-order valence-electron chi connectivity index (χ1n) is 46.5. The lowest BCUT2D eigenvalue weighted by Crippen LogP contribution is -2.30. The van der Waals surface area contributed by atoms with Crippen LogP contribution in [-0.4, -0.2) is 96.7 Å².